The quantitative estimate of drug-likeness (QED) is 0.898. The number of rotatable bonds is 3. The van der Waals surface area contributed by atoms with Gasteiger partial charge in [0.2, 0.25) is 0 Å². The Morgan fingerprint density at radius 3 is 2.89 bits per heavy atom. The number of hydrogen-bond acceptors (Lipinski definition) is 2. The van der Waals surface area contributed by atoms with Gasteiger partial charge in [-0.25, -0.2) is 8.78 Å². The van der Waals surface area contributed by atoms with Gasteiger partial charge in [0, 0.05) is 30.8 Å². The predicted octanol–water partition coefficient (Wildman–Crippen LogP) is 2.70. The average molecular weight is 254 g/mol. The molecule has 0 saturated carbocycles. The van der Waals surface area contributed by atoms with Gasteiger partial charge in [0.1, 0.15) is 11.6 Å². The maximum absolute atomic E-state index is 13.6. The van der Waals surface area contributed by atoms with Crippen LogP contribution in [0.5, 0.6) is 0 Å². The molecule has 1 fully saturated rings. The Hall–Kier alpha value is -1.00. The van der Waals surface area contributed by atoms with Gasteiger partial charge in [-0.3, -0.25) is 0 Å². The highest BCUT2D eigenvalue weighted by Gasteiger charge is 2.20. The van der Waals surface area contributed by atoms with Crippen LogP contribution in [0.1, 0.15) is 31.4 Å². The van der Waals surface area contributed by atoms with E-state index in [1.54, 1.807) is 0 Å². The summed E-state index contributed by atoms with van der Waals surface area (Å²) in [6, 6.07) is 3.21. The second-order valence-electron chi connectivity index (χ2n) is 5.28. The number of nitrogens with zero attached hydrogens (tertiary/aromatic N) is 1. The molecular formula is C14H20F2N2. The highest BCUT2D eigenvalue weighted by molar-refractivity contribution is 5.22. The van der Waals surface area contributed by atoms with Gasteiger partial charge in [0.15, 0.2) is 0 Å². The lowest BCUT2D eigenvalue weighted by Gasteiger charge is -2.32. The van der Waals surface area contributed by atoms with E-state index in [1.165, 1.54) is 25.0 Å². The second kappa shape index (κ2) is 5.76. The fraction of sp³-hybridized carbons (Fsp3) is 0.571. The lowest BCUT2D eigenvalue weighted by molar-refractivity contribution is 0.174. The molecule has 0 radical (unpaired) electrons. The zero-order chi connectivity index (χ0) is 13.1. The summed E-state index contributed by atoms with van der Waals surface area (Å²) in [6.07, 6.45) is 2.41. The molecular weight excluding hydrogens is 234 g/mol. The minimum Gasteiger partial charge on any atom is -0.323 e. The van der Waals surface area contributed by atoms with Gasteiger partial charge in [-0.1, -0.05) is 13.0 Å². The SMILES string of the molecule is CC1CCCN(CC(N)c2ccc(F)cc2F)C1. The number of nitrogens with two attached hydrogens (primary N) is 1. The first-order valence-corrected chi connectivity index (χ1v) is 6.49. The Kier molecular flexibility index (Phi) is 4.30. The predicted molar refractivity (Wildman–Crippen MR) is 68.1 cm³/mol. The Morgan fingerprint density at radius 2 is 2.22 bits per heavy atom. The van der Waals surface area contributed by atoms with Crippen molar-refractivity contribution >= 4 is 0 Å². The highest BCUT2D eigenvalue weighted by Crippen LogP contribution is 2.21. The third-order valence-electron chi connectivity index (χ3n) is 3.56. The highest BCUT2D eigenvalue weighted by atomic mass is 19.1. The first-order chi connectivity index (χ1) is 8.56. The van der Waals surface area contributed by atoms with Crippen molar-refractivity contribution in [3.8, 4) is 0 Å². The summed E-state index contributed by atoms with van der Waals surface area (Å²) in [6.45, 7) is 4.88. The van der Waals surface area contributed by atoms with Crippen LogP contribution in [-0.4, -0.2) is 24.5 Å². The Bertz CT molecular complexity index is 409. The van der Waals surface area contributed by atoms with Crippen LogP contribution < -0.4 is 5.73 Å². The number of hydrogen-bond donors (Lipinski definition) is 1. The summed E-state index contributed by atoms with van der Waals surface area (Å²) >= 11 is 0. The largest absolute Gasteiger partial charge is 0.323 e. The summed E-state index contributed by atoms with van der Waals surface area (Å²) in [5.74, 6) is -0.438. The maximum atomic E-state index is 13.6. The monoisotopic (exact) mass is 254 g/mol. The second-order valence-corrected chi connectivity index (χ2v) is 5.28. The molecule has 1 aliphatic heterocycles. The average Bonchev–Trinajstić information content (AvgIpc) is 2.28. The van der Waals surface area contributed by atoms with E-state index in [0.717, 1.165) is 19.2 Å². The standard InChI is InChI=1S/C14H20F2N2/c1-10-3-2-6-18(8-10)9-14(17)12-5-4-11(15)7-13(12)16/h4-5,7,10,14H,2-3,6,8-9,17H2,1H3. The summed E-state index contributed by atoms with van der Waals surface area (Å²) in [5.41, 5.74) is 6.42. The molecule has 0 bridgehead atoms. The molecule has 0 spiro atoms. The number of benzene rings is 1. The molecule has 18 heavy (non-hydrogen) atoms. The molecule has 1 aromatic rings. The van der Waals surface area contributed by atoms with Crippen molar-refractivity contribution < 1.29 is 8.78 Å². The van der Waals surface area contributed by atoms with E-state index >= 15 is 0 Å². The molecule has 0 amide bonds. The van der Waals surface area contributed by atoms with E-state index in [4.69, 9.17) is 5.73 Å². The molecule has 2 nitrogen and oxygen atoms in total. The zero-order valence-electron chi connectivity index (χ0n) is 10.7. The number of piperidine rings is 1. The van der Waals surface area contributed by atoms with Crippen LogP contribution in [0.2, 0.25) is 0 Å². The molecule has 1 aliphatic rings. The van der Waals surface area contributed by atoms with E-state index in [0.29, 0.717) is 18.0 Å². The van der Waals surface area contributed by atoms with Crippen molar-refractivity contribution in [2.45, 2.75) is 25.8 Å². The van der Waals surface area contributed by atoms with Crippen molar-refractivity contribution in [1.82, 2.24) is 4.90 Å². The third-order valence-corrected chi connectivity index (χ3v) is 3.56. The molecule has 1 saturated heterocycles. The minimum absolute atomic E-state index is 0.393. The third kappa shape index (κ3) is 3.27. The molecule has 4 heteroatoms. The van der Waals surface area contributed by atoms with Crippen LogP contribution >= 0.6 is 0 Å². The van der Waals surface area contributed by atoms with Gasteiger partial charge in [0.05, 0.1) is 0 Å². The zero-order valence-corrected chi connectivity index (χ0v) is 10.7. The molecule has 2 atom stereocenters. The summed E-state index contributed by atoms with van der Waals surface area (Å²) in [5, 5.41) is 0. The maximum Gasteiger partial charge on any atom is 0.130 e. The van der Waals surface area contributed by atoms with Crippen LogP contribution in [0, 0.1) is 17.6 Å². The summed E-state index contributed by atoms with van der Waals surface area (Å²) in [4.78, 5) is 2.27. The van der Waals surface area contributed by atoms with Gasteiger partial charge < -0.3 is 10.6 Å². The molecule has 2 N–H and O–H groups in total. The van der Waals surface area contributed by atoms with E-state index in [9.17, 15) is 8.78 Å². The van der Waals surface area contributed by atoms with Crippen LogP contribution in [0.15, 0.2) is 18.2 Å². The van der Waals surface area contributed by atoms with Gasteiger partial charge >= 0.3 is 0 Å². The molecule has 1 aromatic carbocycles. The van der Waals surface area contributed by atoms with Gasteiger partial charge in [-0.05, 0) is 31.4 Å². The lowest BCUT2D eigenvalue weighted by Crippen LogP contribution is -2.39. The van der Waals surface area contributed by atoms with E-state index < -0.39 is 17.7 Å². The Balaban J connectivity index is 2.00. The van der Waals surface area contributed by atoms with Crippen molar-refractivity contribution in [3.05, 3.63) is 35.4 Å². The molecule has 0 aromatic heterocycles. The van der Waals surface area contributed by atoms with E-state index in [2.05, 4.69) is 11.8 Å². The van der Waals surface area contributed by atoms with Crippen molar-refractivity contribution in [2.75, 3.05) is 19.6 Å². The Labute approximate surface area is 107 Å². The van der Waals surface area contributed by atoms with E-state index in [-0.39, 0.29) is 0 Å². The van der Waals surface area contributed by atoms with Gasteiger partial charge in [0.25, 0.3) is 0 Å². The smallest absolute Gasteiger partial charge is 0.130 e. The van der Waals surface area contributed by atoms with Crippen molar-refractivity contribution in [2.24, 2.45) is 11.7 Å². The fourth-order valence-electron chi connectivity index (χ4n) is 2.63. The normalized spacial score (nSPS) is 23.0. The molecule has 100 valence electrons. The molecule has 2 unspecified atom stereocenters. The Morgan fingerprint density at radius 1 is 1.44 bits per heavy atom. The van der Waals surface area contributed by atoms with Crippen LogP contribution in [0.25, 0.3) is 0 Å². The lowest BCUT2D eigenvalue weighted by atomic mass is 9.99. The van der Waals surface area contributed by atoms with Crippen LogP contribution in [0.3, 0.4) is 0 Å². The van der Waals surface area contributed by atoms with Crippen LogP contribution in [-0.2, 0) is 0 Å². The topological polar surface area (TPSA) is 29.3 Å². The molecule has 0 aliphatic carbocycles. The fourth-order valence-corrected chi connectivity index (χ4v) is 2.63. The van der Waals surface area contributed by atoms with Gasteiger partial charge in [-0.15, -0.1) is 0 Å². The number of likely N-dealkylation sites (tertiary alicyclic amines) is 1. The van der Waals surface area contributed by atoms with Crippen molar-refractivity contribution in [3.63, 3.8) is 0 Å². The van der Waals surface area contributed by atoms with Crippen molar-refractivity contribution in [1.29, 1.82) is 0 Å². The van der Waals surface area contributed by atoms with E-state index in [1.807, 2.05) is 0 Å². The first kappa shape index (κ1) is 13.4. The summed E-state index contributed by atoms with van der Waals surface area (Å²) in [7, 11) is 0. The van der Waals surface area contributed by atoms with Crippen LogP contribution in [0.4, 0.5) is 8.78 Å². The van der Waals surface area contributed by atoms with Gasteiger partial charge in [-0.2, -0.15) is 0 Å². The molecule has 1 heterocycles. The minimum atomic E-state index is -0.560. The molecule has 2 rings (SSSR count). The number of halogens is 2. The summed E-state index contributed by atoms with van der Waals surface area (Å²) < 4.78 is 26.4. The first-order valence-electron chi connectivity index (χ1n) is 6.49.